The molecule has 0 radical (unpaired) electrons. The van der Waals surface area contributed by atoms with Crippen LogP contribution in [0.25, 0.3) is 0 Å². The van der Waals surface area contributed by atoms with Crippen LogP contribution in [0.4, 0.5) is 0 Å². The van der Waals surface area contributed by atoms with Gasteiger partial charge in [-0.25, -0.2) is 0 Å². The lowest BCUT2D eigenvalue weighted by Crippen LogP contribution is -2.22. The molecule has 0 heterocycles. The van der Waals surface area contributed by atoms with E-state index in [1.165, 1.54) is 0 Å². The van der Waals surface area contributed by atoms with Crippen LogP contribution in [0.1, 0.15) is 18.4 Å². The summed E-state index contributed by atoms with van der Waals surface area (Å²) >= 11 is 3.29. The van der Waals surface area contributed by atoms with Crippen LogP contribution in [-0.2, 0) is 11.3 Å². The lowest BCUT2D eigenvalue weighted by molar-refractivity contribution is -0.121. The van der Waals surface area contributed by atoms with E-state index in [9.17, 15) is 4.79 Å². The Balaban J connectivity index is 2.24. The normalized spacial score (nSPS) is 9.79. The van der Waals surface area contributed by atoms with Gasteiger partial charge >= 0.3 is 0 Å². The van der Waals surface area contributed by atoms with Crippen molar-refractivity contribution in [2.45, 2.75) is 19.4 Å². The van der Waals surface area contributed by atoms with Crippen LogP contribution in [0.5, 0.6) is 0 Å². The predicted molar refractivity (Wildman–Crippen MR) is 61.3 cm³/mol. The van der Waals surface area contributed by atoms with E-state index in [1.54, 1.807) is 0 Å². The summed E-state index contributed by atoms with van der Waals surface area (Å²) in [6.45, 7) is 0.627. The zero-order valence-corrected chi connectivity index (χ0v) is 9.59. The van der Waals surface area contributed by atoms with Gasteiger partial charge in [0.1, 0.15) is 0 Å². The molecule has 1 amide bonds. The Morgan fingerprint density at radius 1 is 1.29 bits per heavy atom. The van der Waals surface area contributed by atoms with E-state index < -0.39 is 0 Å². The van der Waals surface area contributed by atoms with E-state index in [4.69, 9.17) is 0 Å². The van der Waals surface area contributed by atoms with Crippen LogP contribution in [0.2, 0.25) is 0 Å². The van der Waals surface area contributed by atoms with Crippen LogP contribution in [0.3, 0.4) is 0 Å². The average molecular weight is 256 g/mol. The molecule has 0 aromatic heterocycles. The SMILES string of the molecule is O=C(CCCBr)NCc1ccccc1. The van der Waals surface area contributed by atoms with Crippen molar-refractivity contribution >= 4 is 21.8 Å². The zero-order valence-electron chi connectivity index (χ0n) is 8.00. The lowest BCUT2D eigenvalue weighted by Gasteiger charge is -2.03. The number of halogens is 1. The van der Waals surface area contributed by atoms with E-state index in [1.807, 2.05) is 30.3 Å². The Hall–Kier alpha value is -0.830. The second-order valence-electron chi connectivity index (χ2n) is 3.05. The van der Waals surface area contributed by atoms with Gasteiger partial charge in [0.05, 0.1) is 0 Å². The summed E-state index contributed by atoms with van der Waals surface area (Å²) < 4.78 is 0. The summed E-state index contributed by atoms with van der Waals surface area (Å²) in [6, 6.07) is 9.92. The molecule has 0 aliphatic heterocycles. The van der Waals surface area contributed by atoms with Crippen molar-refractivity contribution in [2.24, 2.45) is 0 Å². The van der Waals surface area contributed by atoms with E-state index in [-0.39, 0.29) is 5.91 Å². The van der Waals surface area contributed by atoms with Crippen molar-refractivity contribution in [1.82, 2.24) is 5.32 Å². The highest BCUT2D eigenvalue weighted by Crippen LogP contribution is 1.98. The Morgan fingerprint density at radius 2 is 2.00 bits per heavy atom. The second-order valence-corrected chi connectivity index (χ2v) is 3.85. The Morgan fingerprint density at radius 3 is 2.64 bits per heavy atom. The number of carbonyl (C=O) groups is 1. The van der Waals surface area contributed by atoms with Crippen molar-refractivity contribution < 1.29 is 4.79 Å². The molecule has 0 saturated carbocycles. The highest BCUT2D eigenvalue weighted by molar-refractivity contribution is 9.09. The van der Waals surface area contributed by atoms with Gasteiger partial charge in [0.15, 0.2) is 0 Å². The molecular weight excluding hydrogens is 242 g/mol. The molecular formula is C11H14BrNO. The molecule has 2 nitrogen and oxygen atoms in total. The molecule has 0 saturated heterocycles. The molecule has 14 heavy (non-hydrogen) atoms. The molecule has 1 aromatic rings. The maximum absolute atomic E-state index is 11.2. The fourth-order valence-corrected chi connectivity index (χ4v) is 1.39. The lowest BCUT2D eigenvalue weighted by atomic mass is 10.2. The molecule has 1 N–H and O–H groups in total. The number of benzene rings is 1. The molecule has 0 fully saturated rings. The number of nitrogens with one attached hydrogen (secondary N) is 1. The number of amides is 1. The molecule has 0 bridgehead atoms. The van der Waals surface area contributed by atoms with Gasteiger partial charge in [-0.3, -0.25) is 4.79 Å². The standard InChI is InChI=1S/C11H14BrNO/c12-8-4-7-11(14)13-9-10-5-2-1-3-6-10/h1-3,5-6H,4,7-9H2,(H,13,14). The van der Waals surface area contributed by atoms with Crippen LogP contribution in [0, 0.1) is 0 Å². The monoisotopic (exact) mass is 255 g/mol. The minimum Gasteiger partial charge on any atom is -0.352 e. The number of rotatable bonds is 5. The third-order valence-electron chi connectivity index (χ3n) is 1.87. The van der Waals surface area contributed by atoms with E-state index in [0.29, 0.717) is 13.0 Å². The largest absolute Gasteiger partial charge is 0.352 e. The minimum atomic E-state index is 0.119. The van der Waals surface area contributed by atoms with Crippen molar-refractivity contribution in [3.05, 3.63) is 35.9 Å². The summed E-state index contributed by atoms with van der Waals surface area (Å²) in [4.78, 5) is 11.2. The first kappa shape index (κ1) is 11.2. The quantitative estimate of drug-likeness (QED) is 0.805. The minimum absolute atomic E-state index is 0.119. The van der Waals surface area contributed by atoms with Gasteiger partial charge in [0.2, 0.25) is 5.91 Å². The van der Waals surface area contributed by atoms with Crippen molar-refractivity contribution in [1.29, 1.82) is 0 Å². The predicted octanol–water partition coefficient (Wildman–Crippen LogP) is 2.48. The Labute approximate surface area is 92.8 Å². The fraction of sp³-hybridized carbons (Fsp3) is 0.364. The smallest absolute Gasteiger partial charge is 0.220 e. The molecule has 1 rings (SSSR count). The molecule has 0 aliphatic carbocycles. The summed E-state index contributed by atoms with van der Waals surface area (Å²) in [5.41, 5.74) is 1.14. The zero-order chi connectivity index (χ0) is 10.2. The van der Waals surface area contributed by atoms with Gasteiger partial charge in [0.25, 0.3) is 0 Å². The summed E-state index contributed by atoms with van der Waals surface area (Å²) in [7, 11) is 0. The highest BCUT2D eigenvalue weighted by atomic mass is 79.9. The molecule has 1 aromatic carbocycles. The van der Waals surface area contributed by atoms with Gasteiger partial charge in [0, 0.05) is 18.3 Å². The molecule has 76 valence electrons. The molecule has 0 atom stereocenters. The highest BCUT2D eigenvalue weighted by Gasteiger charge is 1.99. The van der Waals surface area contributed by atoms with Gasteiger partial charge in [-0.1, -0.05) is 46.3 Å². The number of hydrogen-bond donors (Lipinski definition) is 1. The molecule has 0 aliphatic rings. The van der Waals surface area contributed by atoms with Gasteiger partial charge < -0.3 is 5.32 Å². The van der Waals surface area contributed by atoms with E-state index in [0.717, 1.165) is 17.3 Å². The molecule has 0 unspecified atom stereocenters. The van der Waals surface area contributed by atoms with Gasteiger partial charge in [-0.2, -0.15) is 0 Å². The van der Waals surface area contributed by atoms with E-state index >= 15 is 0 Å². The third kappa shape index (κ3) is 4.42. The fourth-order valence-electron chi connectivity index (χ4n) is 1.11. The first-order chi connectivity index (χ1) is 6.83. The first-order valence-corrected chi connectivity index (χ1v) is 5.81. The van der Waals surface area contributed by atoms with Crippen LogP contribution in [-0.4, -0.2) is 11.2 Å². The molecule has 0 spiro atoms. The van der Waals surface area contributed by atoms with Crippen molar-refractivity contribution in [2.75, 3.05) is 5.33 Å². The van der Waals surface area contributed by atoms with E-state index in [2.05, 4.69) is 21.2 Å². The maximum Gasteiger partial charge on any atom is 0.220 e. The Kier molecular flexibility index (Phi) is 5.30. The van der Waals surface area contributed by atoms with Crippen LogP contribution >= 0.6 is 15.9 Å². The van der Waals surface area contributed by atoms with Crippen molar-refractivity contribution in [3.8, 4) is 0 Å². The number of hydrogen-bond acceptors (Lipinski definition) is 1. The summed E-state index contributed by atoms with van der Waals surface area (Å²) in [6.07, 6.45) is 1.48. The Bertz CT molecular complexity index is 274. The summed E-state index contributed by atoms with van der Waals surface area (Å²) in [5, 5.41) is 3.75. The third-order valence-corrected chi connectivity index (χ3v) is 2.43. The number of alkyl halides is 1. The molecule has 3 heteroatoms. The van der Waals surface area contributed by atoms with Crippen molar-refractivity contribution in [3.63, 3.8) is 0 Å². The average Bonchev–Trinajstić information content (AvgIpc) is 2.25. The maximum atomic E-state index is 11.2. The first-order valence-electron chi connectivity index (χ1n) is 4.69. The summed E-state index contributed by atoms with van der Waals surface area (Å²) in [5.74, 6) is 0.119. The van der Waals surface area contributed by atoms with Gasteiger partial charge in [-0.15, -0.1) is 0 Å². The topological polar surface area (TPSA) is 29.1 Å². The van der Waals surface area contributed by atoms with Crippen LogP contribution < -0.4 is 5.32 Å². The van der Waals surface area contributed by atoms with Gasteiger partial charge in [-0.05, 0) is 12.0 Å². The number of carbonyl (C=O) groups excluding carboxylic acids is 1. The van der Waals surface area contributed by atoms with Crippen LogP contribution in [0.15, 0.2) is 30.3 Å². The second kappa shape index (κ2) is 6.60.